The highest BCUT2D eigenvalue weighted by atomic mass is 16.2. The first kappa shape index (κ1) is 13.3. The summed E-state index contributed by atoms with van der Waals surface area (Å²) in [5, 5.41) is 0. The Labute approximate surface area is 120 Å². The second-order valence-electron chi connectivity index (χ2n) is 5.64. The van der Waals surface area contributed by atoms with Crippen LogP contribution in [0.25, 0.3) is 0 Å². The third-order valence-electron chi connectivity index (χ3n) is 4.26. The van der Waals surface area contributed by atoms with Gasteiger partial charge < -0.3 is 9.80 Å². The zero-order chi connectivity index (χ0) is 13.8. The average molecular weight is 274 g/mol. The summed E-state index contributed by atoms with van der Waals surface area (Å²) in [6.45, 7) is 2.71. The molecule has 0 aliphatic carbocycles. The number of anilines is 1. The molecule has 1 amide bonds. The molecule has 0 radical (unpaired) electrons. The third kappa shape index (κ3) is 2.76. The third-order valence-corrected chi connectivity index (χ3v) is 4.26. The first-order valence-electron chi connectivity index (χ1n) is 7.69. The van der Waals surface area contributed by atoms with Crippen LogP contribution in [0.15, 0.2) is 18.5 Å². The molecular formula is C15H22N4O. The van der Waals surface area contributed by atoms with Gasteiger partial charge in [-0.1, -0.05) is 12.8 Å². The Morgan fingerprint density at radius 2 is 1.70 bits per heavy atom. The van der Waals surface area contributed by atoms with Crippen LogP contribution in [-0.4, -0.2) is 46.5 Å². The minimum absolute atomic E-state index is 0.0597. The van der Waals surface area contributed by atoms with Gasteiger partial charge in [-0.15, -0.1) is 0 Å². The van der Waals surface area contributed by atoms with Gasteiger partial charge in [0.05, 0.1) is 0 Å². The Balaban J connectivity index is 1.73. The van der Waals surface area contributed by atoms with Crippen molar-refractivity contribution in [2.24, 2.45) is 0 Å². The van der Waals surface area contributed by atoms with Crippen molar-refractivity contribution < 1.29 is 4.79 Å². The second-order valence-corrected chi connectivity index (χ2v) is 5.64. The maximum absolute atomic E-state index is 12.8. The molecule has 2 fully saturated rings. The van der Waals surface area contributed by atoms with E-state index in [2.05, 4.69) is 19.8 Å². The van der Waals surface area contributed by atoms with E-state index in [1.807, 2.05) is 6.07 Å². The number of carbonyl (C=O) groups is 1. The van der Waals surface area contributed by atoms with E-state index in [1.54, 1.807) is 12.4 Å². The summed E-state index contributed by atoms with van der Waals surface area (Å²) in [5.41, 5.74) is 0. The minimum Gasteiger partial charge on any atom is -0.341 e. The van der Waals surface area contributed by atoms with Crippen molar-refractivity contribution in [2.75, 3.05) is 24.5 Å². The molecule has 0 spiro atoms. The van der Waals surface area contributed by atoms with Crippen molar-refractivity contribution in [1.29, 1.82) is 0 Å². The van der Waals surface area contributed by atoms with Crippen LogP contribution >= 0.6 is 0 Å². The van der Waals surface area contributed by atoms with Crippen molar-refractivity contribution >= 4 is 11.9 Å². The normalized spacial score (nSPS) is 23.7. The van der Waals surface area contributed by atoms with Crippen LogP contribution in [0, 0.1) is 0 Å². The topological polar surface area (TPSA) is 49.3 Å². The van der Waals surface area contributed by atoms with Crippen molar-refractivity contribution in [3.63, 3.8) is 0 Å². The fourth-order valence-corrected chi connectivity index (χ4v) is 3.20. The molecule has 3 heterocycles. The fraction of sp³-hybridized carbons (Fsp3) is 0.667. The lowest BCUT2D eigenvalue weighted by Gasteiger charge is -2.29. The average Bonchev–Trinajstić information content (AvgIpc) is 2.82. The highest BCUT2D eigenvalue weighted by molar-refractivity contribution is 5.85. The number of nitrogens with zero attached hydrogens (tertiary/aromatic N) is 4. The largest absolute Gasteiger partial charge is 0.341 e. The maximum Gasteiger partial charge on any atom is 0.245 e. The number of carbonyl (C=O) groups excluding carboxylic acids is 1. The molecule has 20 heavy (non-hydrogen) atoms. The van der Waals surface area contributed by atoms with Crippen LogP contribution in [-0.2, 0) is 4.79 Å². The summed E-state index contributed by atoms with van der Waals surface area (Å²) in [5.74, 6) is 0.968. The quantitative estimate of drug-likeness (QED) is 0.826. The van der Waals surface area contributed by atoms with Crippen LogP contribution in [0.1, 0.15) is 38.5 Å². The van der Waals surface area contributed by atoms with Gasteiger partial charge in [0.25, 0.3) is 0 Å². The van der Waals surface area contributed by atoms with E-state index in [4.69, 9.17) is 0 Å². The lowest BCUT2D eigenvalue weighted by atomic mass is 10.2. The lowest BCUT2D eigenvalue weighted by Crippen LogP contribution is -2.46. The van der Waals surface area contributed by atoms with Gasteiger partial charge in [-0.3, -0.25) is 4.79 Å². The van der Waals surface area contributed by atoms with Gasteiger partial charge in [-0.2, -0.15) is 0 Å². The molecule has 5 heteroatoms. The zero-order valence-electron chi connectivity index (χ0n) is 11.9. The number of amides is 1. The van der Waals surface area contributed by atoms with Gasteiger partial charge >= 0.3 is 0 Å². The summed E-state index contributed by atoms with van der Waals surface area (Å²) in [6, 6.07) is 1.75. The molecule has 2 aliphatic heterocycles. The van der Waals surface area contributed by atoms with Gasteiger partial charge in [0.2, 0.25) is 11.9 Å². The SMILES string of the molecule is O=C(C1CCCN1c1ncccn1)N1CCCCCC1. The van der Waals surface area contributed by atoms with Gasteiger partial charge in [-0.05, 0) is 31.7 Å². The summed E-state index contributed by atoms with van der Waals surface area (Å²) in [6.07, 6.45) is 10.2. The molecule has 1 aromatic rings. The Morgan fingerprint density at radius 1 is 1.00 bits per heavy atom. The summed E-state index contributed by atoms with van der Waals surface area (Å²) in [7, 11) is 0. The molecule has 0 saturated carbocycles. The number of hydrogen-bond donors (Lipinski definition) is 0. The predicted octanol–water partition coefficient (Wildman–Crippen LogP) is 1.85. The molecule has 0 N–H and O–H groups in total. The molecule has 5 nitrogen and oxygen atoms in total. The number of aromatic nitrogens is 2. The van der Waals surface area contributed by atoms with E-state index < -0.39 is 0 Å². The lowest BCUT2D eigenvalue weighted by molar-refractivity contribution is -0.132. The molecule has 1 aromatic heterocycles. The number of likely N-dealkylation sites (tertiary alicyclic amines) is 1. The van der Waals surface area contributed by atoms with Crippen molar-refractivity contribution in [2.45, 2.75) is 44.6 Å². The molecule has 2 aliphatic rings. The highest BCUT2D eigenvalue weighted by Gasteiger charge is 2.35. The predicted molar refractivity (Wildman–Crippen MR) is 77.4 cm³/mol. The summed E-state index contributed by atoms with van der Waals surface area (Å²) in [4.78, 5) is 25.5. The van der Waals surface area contributed by atoms with Crippen LogP contribution in [0.3, 0.4) is 0 Å². The monoisotopic (exact) mass is 274 g/mol. The van der Waals surface area contributed by atoms with E-state index in [1.165, 1.54) is 12.8 Å². The van der Waals surface area contributed by atoms with E-state index in [0.717, 1.165) is 45.3 Å². The Hall–Kier alpha value is -1.65. The van der Waals surface area contributed by atoms with Crippen molar-refractivity contribution in [3.8, 4) is 0 Å². The fourth-order valence-electron chi connectivity index (χ4n) is 3.20. The Morgan fingerprint density at radius 3 is 2.40 bits per heavy atom. The Bertz CT molecular complexity index is 442. The number of rotatable bonds is 2. The molecule has 2 saturated heterocycles. The van der Waals surface area contributed by atoms with Crippen molar-refractivity contribution in [3.05, 3.63) is 18.5 Å². The highest BCUT2D eigenvalue weighted by Crippen LogP contribution is 2.24. The van der Waals surface area contributed by atoms with E-state index in [9.17, 15) is 4.79 Å². The van der Waals surface area contributed by atoms with Crippen LogP contribution in [0.4, 0.5) is 5.95 Å². The molecule has 1 unspecified atom stereocenters. The smallest absolute Gasteiger partial charge is 0.245 e. The number of hydrogen-bond acceptors (Lipinski definition) is 4. The summed E-state index contributed by atoms with van der Waals surface area (Å²) < 4.78 is 0. The molecule has 1 atom stereocenters. The van der Waals surface area contributed by atoms with Gasteiger partial charge in [-0.25, -0.2) is 9.97 Å². The standard InChI is InChI=1S/C15H22N4O/c20-14(18-10-3-1-2-4-11-18)13-7-5-12-19(13)15-16-8-6-9-17-15/h6,8-9,13H,1-5,7,10-12H2. The summed E-state index contributed by atoms with van der Waals surface area (Å²) >= 11 is 0. The van der Waals surface area contributed by atoms with Gasteiger partial charge in [0.15, 0.2) is 0 Å². The Kier molecular flexibility index (Phi) is 4.14. The van der Waals surface area contributed by atoms with Crippen LogP contribution in [0.2, 0.25) is 0 Å². The second kappa shape index (κ2) is 6.20. The molecule has 0 bridgehead atoms. The molecule has 0 aromatic carbocycles. The zero-order valence-corrected chi connectivity index (χ0v) is 11.9. The first-order chi connectivity index (χ1) is 9.86. The molecular weight excluding hydrogens is 252 g/mol. The van der Waals surface area contributed by atoms with Gasteiger partial charge in [0, 0.05) is 32.0 Å². The molecule has 3 rings (SSSR count). The van der Waals surface area contributed by atoms with E-state index in [0.29, 0.717) is 5.95 Å². The van der Waals surface area contributed by atoms with E-state index in [-0.39, 0.29) is 11.9 Å². The van der Waals surface area contributed by atoms with E-state index >= 15 is 0 Å². The van der Waals surface area contributed by atoms with Crippen molar-refractivity contribution in [1.82, 2.24) is 14.9 Å². The first-order valence-corrected chi connectivity index (χ1v) is 7.69. The maximum atomic E-state index is 12.8. The van der Waals surface area contributed by atoms with Crippen LogP contribution < -0.4 is 4.90 Å². The van der Waals surface area contributed by atoms with Crippen LogP contribution in [0.5, 0.6) is 0 Å². The van der Waals surface area contributed by atoms with Gasteiger partial charge in [0.1, 0.15) is 6.04 Å². The minimum atomic E-state index is -0.0597. The molecule has 108 valence electrons.